The van der Waals surface area contributed by atoms with Crippen molar-refractivity contribution in [1.82, 2.24) is 20.2 Å². The average Bonchev–Trinajstić information content (AvgIpc) is 2.49. The molecule has 0 aliphatic rings. The zero-order valence-corrected chi connectivity index (χ0v) is 9.61. The molecule has 1 rings (SSSR count). The molecule has 0 saturated carbocycles. The molecule has 0 fully saturated rings. The van der Waals surface area contributed by atoms with Crippen LogP contribution in [0.4, 0.5) is 0 Å². The first-order chi connectivity index (χ1) is 6.93. The molecular formula is C7H15N5O2S. The summed E-state index contributed by atoms with van der Waals surface area (Å²) in [5, 5.41) is 11.0. The van der Waals surface area contributed by atoms with Crippen LogP contribution < -0.4 is 5.73 Å². The second-order valence-electron chi connectivity index (χ2n) is 3.42. The molecule has 1 aromatic heterocycles. The van der Waals surface area contributed by atoms with E-state index in [1.807, 2.05) is 6.92 Å². The Bertz CT molecular complexity index is 413. The minimum absolute atomic E-state index is 0.0399. The van der Waals surface area contributed by atoms with Crippen molar-refractivity contribution in [1.29, 1.82) is 0 Å². The summed E-state index contributed by atoms with van der Waals surface area (Å²) in [5.74, 6) is -0.0307. The van der Waals surface area contributed by atoms with Crippen LogP contribution in [0.15, 0.2) is 0 Å². The normalized spacial score (nSPS) is 14.1. The van der Waals surface area contributed by atoms with Gasteiger partial charge in [-0.15, -0.1) is 10.2 Å². The molecule has 1 unspecified atom stereocenters. The molecule has 0 bridgehead atoms. The van der Waals surface area contributed by atoms with Crippen LogP contribution in [0.2, 0.25) is 0 Å². The summed E-state index contributed by atoms with van der Waals surface area (Å²) in [6.07, 6.45) is 0.632. The van der Waals surface area contributed by atoms with Gasteiger partial charge in [-0.05, 0) is 11.6 Å². The number of nitrogens with zero attached hydrogens (tertiary/aromatic N) is 4. The zero-order chi connectivity index (χ0) is 11.5. The third-order valence-electron chi connectivity index (χ3n) is 1.89. The van der Waals surface area contributed by atoms with Crippen LogP contribution in [-0.2, 0) is 22.6 Å². The number of hydrogen-bond donors (Lipinski definition) is 1. The molecule has 86 valence electrons. The summed E-state index contributed by atoms with van der Waals surface area (Å²) in [6, 6.07) is -0.327. The number of aryl methyl sites for hydroxylation is 1. The fraction of sp³-hybridized carbons (Fsp3) is 0.857. The monoisotopic (exact) mass is 233 g/mol. The number of tetrazole rings is 1. The Morgan fingerprint density at radius 3 is 2.67 bits per heavy atom. The van der Waals surface area contributed by atoms with Crippen molar-refractivity contribution in [3.63, 3.8) is 0 Å². The first-order valence-electron chi connectivity index (χ1n) is 4.62. The lowest BCUT2D eigenvalue weighted by Crippen LogP contribution is -2.29. The summed E-state index contributed by atoms with van der Waals surface area (Å²) in [5.41, 5.74) is 5.58. The largest absolute Gasteiger partial charge is 0.327 e. The molecular weight excluding hydrogens is 218 g/mol. The van der Waals surface area contributed by atoms with E-state index in [9.17, 15) is 8.42 Å². The van der Waals surface area contributed by atoms with Gasteiger partial charge < -0.3 is 5.73 Å². The molecule has 0 amide bonds. The van der Waals surface area contributed by atoms with Crippen LogP contribution in [0.3, 0.4) is 0 Å². The number of rotatable bonds is 5. The van der Waals surface area contributed by atoms with Crippen LogP contribution in [-0.4, -0.2) is 40.4 Å². The van der Waals surface area contributed by atoms with Crippen LogP contribution in [0.5, 0.6) is 0 Å². The highest BCUT2D eigenvalue weighted by Crippen LogP contribution is 2.02. The first kappa shape index (κ1) is 12.1. The summed E-state index contributed by atoms with van der Waals surface area (Å²) >= 11 is 0. The van der Waals surface area contributed by atoms with Crippen molar-refractivity contribution < 1.29 is 8.42 Å². The van der Waals surface area contributed by atoms with Crippen molar-refractivity contribution in [2.24, 2.45) is 12.8 Å². The highest BCUT2D eigenvalue weighted by molar-refractivity contribution is 7.90. The minimum Gasteiger partial charge on any atom is -0.327 e. The van der Waals surface area contributed by atoms with Gasteiger partial charge >= 0.3 is 0 Å². The molecule has 1 aromatic rings. The lowest BCUT2D eigenvalue weighted by molar-refractivity contribution is 0.581. The van der Waals surface area contributed by atoms with E-state index in [-0.39, 0.29) is 23.4 Å². The van der Waals surface area contributed by atoms with Crippen LogP contribution in [0.25, 0.3) is 0 Å². The topological polar surface area (TPSA) is 104 Å². The van der Waals surface area contributed by atoms with Gasteiger partial charge in [0.1, 0.15) is 5.75 Å². The van der Waals surface area contributed by atoms with Gasteiger partial charge in [0.2, 0.25) is 0 Å². The van der Waals surface area contributed by atoms with Gasteiger partial charge in [-0.25, -0.2) is 8.42 Å². The van der Waals surface area contributed by atoms with Crippen LogP contribution in [0, 0.1) is 0 Å². The third-order valence-corrected chi connectivity index (χ3v) is 3.53. The second-order valence-corrected chi connectivity index (χ2v) is 5.53. The Labute approximate surface area is 88.6 Å². The summed E-state index contributed by atoms with van der Waals surface area (Å²) in [7, 11) is -1.65. The molecule has 1 atom stereocenters. The first-order valence-corrected chi connectivity index (χ1v) is 6.44. The van der Waals surface area contributed by atoms with Crippen molar-refractivity contribution in [3.8, 4) is 0 Å². The standard InChI is InChI=1S/C7H15N5O2S/c1-3-6(8)4-15(13,14)5-7-9-11-12(2)10-7/h6H,3-5,8H2,1-2H3. The Morgan fingerprint density at radius 2 is 2.20 bits per heavy atom. The quantitative estimate of drug-likeness (QED) is 0.689. The molecule has 1 heterocycles. The number of hydrogen-bond acceptors (Lipinski definition) is 6. The van der Waals surface area contributed by atoms with Crippen molar-refractivity contribution in [2.75, 3.05) is 5.75 Å². The fourth-order valence-electron chi connectivity index (χ4n) is 1.08. The van der Waals surface area contributed by atoms with E-state index in [0.717, 1.165) is 0 Å². The third kappa shape index (κ3) is 3.92. The van der Waals surface area contributed by atoms with Gasteiger partial charge in [-0.2, -0.15) is 4.80 Å². The smallest absolute Gasteiger partial charge is 0.189 e. The number of aromatic nitrogens is 4. The predicted molar refractivity (Wildman–Crippen MR) is 54.6 cm³/mol. The fourth-order valence-corrected chi connectivity index (χ4v) is 2.60. The number of sulfone groups is 1. The van der Waals surface area contributed by atoms with Gasteiger partial charge in [0.05, 0.1) is 12.8 Å². The second kappa shape index (κ2) is 4.67. The van der Waals surface area contributed by atoms with Gasteiger partial charge in [-0.1, -0.05) is 6.92 Å². The van der Waals surface area contributed by atoms with Crippen molar-refractivity contribution in [2.45, 2.75) is 25.1 Å². The van der Waals surface area contributed by atoms with E-state index in [1.54, 1.807) is 7.05 Å². The lowest BCUT2D eigenvalue weighted by Gasteiger charge is -2.07. The van der Waals surface area contributed by atoms with Crippen LogP contribution in [0.1, 0.15) is 19.2 Å². The van der Waals surface area contributed by atoms with E-state index in [2.05, 4.69) is 15.4 Å². The average molecular weight is 233 g/mol. The molecule has 15 heavy (non-hydrogen) atoms. The van der Waals surface area contributed by atoms with E-state index in [0.29, 0.717) is 6.42 Å². The maximum atomic E-state index is 11.6. The maximum Gasteiger partial charge on any atom is 0.189 e. The predicted octanol–water partition coefficient (Wildman–Crippen LogP) is -1.14. The maximum absolute atomic E-state index is 11.6. The van der Waals surface area contributed by atoms with Gasteiger partial charge in [0, 0.05) is 6.04 Å². The lowest BCUT2D eigenvalue weighted by atomic mass is 10.3. The van der Waals surface area contributed by atoms with E-state index in [4.69, 9.17) is 5.73 Å². The molecule has 0 aliphatic heterocycles. The molecule has 0 aliphatic carbocycles. The minimum atomic E-state index is -3.24. The molecule has 0 spiro atoms. The Balaban J connectivity index is 2.64. The van der Waals surface area contributed by atoms with Crippen LogP contribution >= 0.6 is 0 Å². The van der Waals surface area contributed by atoms with E-state index >= 15 is 0 Å². The molecule has 0 radical (unpaired) electrons. The Kier molecular flexibility index (Phi) is 3.75. The molecule has 0 saturated heterocycles. The van der Waals surface area contributed by atoms with Gasteiger partial charge in [0.25, 0.3) is 0 Å². The highest BCUT2D eigenvalue weighted by atomic mass is 32.2. The van der Waals surface area contributed by atoms with Gasteiger partial charge in [-0.3, -0.25) is 0 Å². The summed E-state index contributed by atoms with van der Waals surface area (Å²) in [4.78, 5) is 1.23. The molecule has 8 heteroatoms. The summed E-state index contributed by atoms with van der Waals surface area (Å²) in [6.45, 7) is 1.85. The highest BCUT2D eigenvalue weighted by Gasteiger charge is 2.18. The van der Waals surface area contributed by atoms with Crippen molar-refractivity contribution >= 4 is 9.84 Å². The van der Waals surface area contributed by atoms with Crippen molar-refractivity contribution in [3.05, 3.63) is 5.82 Å². The Morgan fingerprint density at radius 1 is 1.53 bits per heavy atom. The van der Waals surface area contributed by atoms with E-state index in [1.165, 1.54) is 4.80 Å². The van der Waals surface area contributed by atoms with Gasteiger partial charge in [0.15, 0.2) is 15.7 Å². The molecule has 7 nitrogen and oxygen atoms in total. The zero-order valence-electron chi connectivity index (χ0n) is 8.79. The molecule has 0 aromatic carbocycles. The Hall–Kier alpha value is -1.02. The number of nitrogens with two attached hydrogens (primary N) is 1. The van der Waals surface area contributed by atoms with E-state index < -0.39 is 9.84 Å². The SMILES string of the molecule is CCC(N)CS(=O)(=O)Cc1nnn(C)n1. The molecule has 2 N–H and O–H groups in total. The summed E-state index contributed by atoms with van der Waals surface area (Å²) < 4.78 is 23.2.